The van der Waals surface area contributed by atoms with E-state index in [1.807, 2.05) is 0 Å². The largest absolute Gasteiger partial charge is 0.356 e. The smallest absolute Gasteiger partial charge is 0.223 e. The molecule has 0 radical (unpaired) electrons. The molecule has 0 aromatic carbocycles. The van der Waals surface area contributed by atoms with Crippen molar-refractivity contribution in [3.05, 3.63) is 24.3 Å². The fourth-order valence-corrected chi connectivity index (χ4v) is 2.68. The average molecular weight is 277 g/mol. The summed E-state index contributed by atoms with van der Waals surface area (Å²) in [7, 11) is 0. The second-order valence-electron chi connectivity index (χ2n) is 7.44. The van der Waals surface area contributed by atoms with Gasteiger partial charge in [0.2, 0.25) is 5.91 Å². The quantitative estimate of drug-likeness (QED) is 0.769. The summed E-state index contributed by atoms with van der Waals surface area (Å²) >= 11 is 0. The Hall–Kier alpha value is -1.05. The van der Waals surface area contributed by atoms with Crippen LogP contribution >= 0.6 is 0 Å². The molecule has 0 bridgehead atoms. The first kappa shape index (κ1) is 17.0. The molecule has 2 heteroatoms. The van der Waals surface area contributed by atoms with Crippen molar-refractivity contribution >= 4 is 5.91 Å². The third-order valence-corrected chi connectivity index (χ3v) is 3.95. The molecule has 2 atom stereocenters. The first-order valence-corrected chi connectivity index (χ1v) is 7.91. The van der Waals surface area contributed by atoms with Crippen LogP contribution in [0.25, 0.3) is 0 Å². The van der Waals surface area contributed by atoms with Crippen LogP contribution in [0, 0.1) is 23.2 Å². The monoisotopic (exact) mass is 277 g/mol. The summed E-state index contributed by atoms with van der Waals surface area (Å²) in [6, 6.07) is 0. The number of hydrogen-bond acceptors (Lipinski definition) is 1. The zero-order chi connectivity index (χ0) is 15.2. The molecule has 20 heavy (non-hydrogen) atoms. The lowest BCUT2D eigenvalue weighted by molar-refractivity contribution is -0.129. The second kappa shape index (κ2) is 7.66. The molecular formula is C18H31NO. The molecule has 0 aromatic heterocycles. The van der Waals surface area contributed by atoms with Crippen LogP contribution in [0.3, 0.4) is 0 Å². The highest BCUT2D eigenvalue weighted by Gasteiger charge is 2.31. The number of carbonyl (C=O) groups is 1. The first-order valence-electron chi connectivity index (χ1n) is 7.91. The minimum Gasteiger partial charge on any atom is -0.356 e. The Bertz CT molecular complexity index is 360. The van der Waals surface area contributed by atoms with E-state index in [9.17, 15) is 4.79 Å². The zero-order valence-electron chi connectivity index (χ0n) is 13.8. The summed E-state index contributed by atoms with van der Waals surface area (Å²) in [5.41, 5.74) is 0.0296. The predicted octanol–water partition coefficient (Wildman–Crippen LogP) is 4.33. The first-order chi connectivity index (χ1) is 9.30. The molecule has 0 spiro atoms. The normalized spacial score (nSPS) is 20.2. The molecule has 114 valence electrons. The zero-order valence-corrected chi connectivity index (χ0v) is 13.8. The van der Waals surface area contributed by atoms with E-state index in [4.69, 9.17) is 0 Å². The Labute approximate surface area is 124 Å². The number of rotatable bonds is 6. The molecular weight excluding hydrogens is 246 g/mol. The lowest BCUT2D eigenvalue weighted by Gasteiger charge is -2.31. The Kier molecular flexibility index (Phi) is 6.51. The van der Waals surface area contributed by atoms with Gasteiger partial charge in [0.05, 0.1) is 0 Å². The lowest BCUT2D eigenvalue weighted by Crippen LogP contribution is -2.39. The molecule has 2 unspecified atom stereocenters. The third kappa shape index (κ3) is 5.94. The van der Waals surface area contributed by atoms with E-state index in [2.05, 4.69) is 64.2 Å². The van der Waals surface area contributed by atoms with Crippen molar-refractivity contribution in [3.8, 4) is 0 Å². The van der Waals surface area contributed by atoms with E-state index < -0.39 is 0 Å². The Balaban J connectivity index is 2.41. The average Bonchev–Trinajstić information content (AvgIpc) is 2.35. The lowest BCUT2D eigenvalue weighted by atomic mass is 9.75. The van der Waals surface area contributed by atoms with Crippen molar-refractivity contribution in [3.63, 3.8) is 0 Å². The Morgan fingerprint density at radius 3 is 2.50 bits per heavy atom. The Morgan fingerprint density at radius 2 is 2.00 bits per heavy atom. The topological polar surface area (TPSA) is 29.1 Å². The fraction of sp³-hybridized carbons (Fsp3) is 0.722. The summed E-state index contributed by atoms with van der Waals surface area (Å²) in [5, 5.41) is 3.15. The van der Waals surface area contributed by atoms with Crippen molar-refractivity contribution in [1.29, 1.82) is 0 Å². The molecule has 0 aromatic rings. The molecule has 0 saturated heterocycles. The number of nitrogens with one attached hydrogen (secondary N) is 1. The molecule has 0 fully saturated rings. The van der Waals surface area contributed by atoms with Crippen LogP contribution in [0.2, 0.25) is 0 Å². The molecule has 0 aliphatic heterocycles. The van der Waals surface area contributed by atoms with Crippen LogP contribution in [0.1, 0.15) is 53.9 Å². The Morgan fingerprint density at radius 1 is 1.30 bits per heavy atom. The van der Waals surface area contributed by atoms with Crippen molar-refractivity contribution in [1.82, 2.24) is 5.32 Å². The number of carbonyl (C=O) groups excluding carboxylic acids is 1. The molecule has 0 saturated carbocycles. The van der Waals surface area contributed by atoms with Crippen LogP contribution in [-0.4, -0.2) is 12.5 Å². The van der Waals surface area contributed by atoms with E-state index in [0.29, 0.717) is 11.8 Å². The van der Waals surface area contributed by atoms with E-state index in [-0.39, 0.29) is 17.2 Å². The van der Waals surface area contributed by atoms with Crippen molar-refractivity contribution in [2.75, 3.05) is 6.54 Å². The molecule has 1 aliphatic carbocycles. The number of amides is 1. The second-order valence-corrected chi connectivity index (χ2v) is 7.44. The highest BCUT2D eigenvalue weighted by atomic mass is 16.1. The van der Waals surface area contributed by atoms with Crippen LogP contribution in [0.5, 0.6) is 0 Å². The molecule has 0 heterocycles. The summed E-state index contributed by atoms with van der Waals surface area (Å²) < 4.78 is 0. The third-order valence-electron chi connectivity index (χ3n) is 3.95. The molecule has 1 aliphatic rings. The molecule has 1 amide bonds. The summed E-state index contributed by atoms with van der Waals surface area (Å²) in [6.07, 6.45) is 11.7. The van der Waals surface area contributed by atoms with Crippen LogP contribution in [-0.2, 0) is 4.79 Å². The van der Waals surface area contributed by atoms with Gasteiger partial charge in [0.15, 0.2) is 0 Å². The van der Waals surface area contributed by atoms with Crippen molar-refractivity contribution in [2.45, 2.75) is 53.9 Å². The summed E-state index contributed by atoms with van der Waals surface area (Å²) in [4.78, 5) is 12.4. The highest BCUT2D eigenvalue weighted by molar-refractivity contribution is 5.79. The fourth-order valence-electron chi connectivity index (χ4n) is 2.68. The van der Waals surface area contributed by atoms with Gasteiger partial charge in [0, 0.05) is 12.5 Å². The number of allylic oxidation sites excluding steroid dienone is 4. The standard InChI is InChI=1S/C18H31NO/c1-14(2)13-16(18(3,4)5)17(20)19-12-11-15-9-7-6-8-10-15/h6-9,14-16H,10-13H2,1-5H3,(H,19,20). The van der Waals surface area contributed by atoms with E-state index in [1.165, 1.54) is 0 Å². The molecule has 1 N–H and O–H groups in total. The van der Waals surface area contributed by atoms with Gasteiger partial charge in [0.25, 0.3) is 0 Å². The van der Waals surface area contributed by atoms with Gasteiger partial charge in [-0.3, -0.25) is 4.79 Å². The van der Waals surface area contributed by atoms with Gasteiger partial charge in [-0.15, -0.1) is 0 Å². The van der Waals surface area contributed by atoms with Gasteiger partial charge in [-0.2, -0.15) is 0 Å². The van der Waals surface area contributed by atoms with Gasteiger partial charge in [0.1, 0.15) is 0 Å². The van der Waals surface area contributed by atoms with Gasteiger partial charge in [-0.05, 0) is 36.5 Å². The minimum atomic E-state index is 0.0296. The molecule has 2 nitrogen and oxygen atoms in total. The maximum absolute atomic E-state index is 12.4. The SMILES string of the molecule is CC(C)CC(C(=O)NCCC1C=CC=CC1)C(C)(C)C. The van der Waals surface area contributed by atoms with Gasteiger partial charge < -0.3 is 5.32 Å². The van der Waals surface area contributed by atoms with Crippen LogP contribution < -0.4 is 5.32 Å². The van der Waals surface area contributed by atoms with Gasteiger partial charge in [-0.1, -0.05) is 58.9 Å². The van der Waals surface area contributed by atoms with Crippen LogP contribution in [0.4, 0.5) is 0 Å². The van der Waals surface area contributed by atoms with E-state index in [1.54, 1.807) is 0 Å². The minimum absolute atomic E-state index is 0.0296. The summed E-state index contributed by atoms with van der Waals surface area (Å²) in [5.74, 6) is 1.46. The summed E-state index contributed by atoms with van der Waals surface area (Å²) in [6.45, 7) is 11.6. The van der Waals surface area contributed by atoms with E-state index >= 15 is 0 Å². The maximum Gasteiger partial charge on any atom is 0.223 e. The van der Waals surface area contributed by atoms with Gasteiger partial charge >= 0.3 is 0 Å². The highest BCUT2D eigenvalue weighted by Crippen LogP contribution is 2.31. The predicted molar refractivity (Wildman–Crippen MR) is 86.4 cm³/mol. The van der Waals surface area contributed by atoms with Crippen LogP contribution in [0.15, 0.2) is 24.3 Å². The maximum atomic E-state index is 12.4. The number of hydrogen-bond donors (Lipinski definition) is 1. The molecule has 1 rings (SSSR count). The van der Waals surface area contributed by atoms with Crippen molar-refractivity contribution < 1.29 is 4.79 Å². The van der Waals surface area contributed by atoms with Crippen molar-refractivity contribution in [2.24, 2.45) is 23.2 Å². The van der Waals surface area contributed by atoms with E-state index in [0.717, 1.165) is 25.8 Å². The van der Waals surface area contributed by atoms with Gasteiger partial charge in [-0.25, -0.2) is 0 Å².